The maximum absolute atomic E-state index is 12.9. The minimum Gasteiger partial charge on any atom is -0.495 e. The van der Waals surface area contributed by atoms with E-state index in [1.165, 1.54) is 18.8 Å². The molecule has 0 bridgehead atoms. The number of pyridine rings is 1. The normalized spacial score (nSPS) is 11.0. The summed E-state index contributed by atoms with van der Waals surface area (Å²) in [5.41, 5.74) is 0.908. The Kier molecular flexibility index (Phi) is 4.58. The standard InChI is InChI=1S/C17H15Cl2N3O3/c1-8-20-7-9-5-10(17(23)22(2)16(9)21-8)13-14(18)11(24-3)6-12(25-4)15(13)19/h5-7H,1-4H3. The van der Waals surface area contributed by atoms with Crippen LogP contribution in [0.3, 0.4) is 0 Å². The maximum Gasteiger partial charge on any atom is 0.259 e. The van der Waals surface area contributed by atoms with Crippen molar-refractivity contribution in [3.05, 3.63) is 44.6 Å². The number of hydrogen-bond acceptors (Lipinski definition) is 5. The number of methoxy groups -OCH3 is 2. The first-order valence-electron chi connectivity index (χ1n) is 7.32. The largest absolute Gasteiger partial charge is 0.495 e. The lowest BCUT2D eigenvalue weighted by atomic mass is 10.0. The quantitative estimate of drug-likeness (QED) is 0.694. The van der Waals surface area contributed by atoms with Crippen molar-refractivity contribution < 1.29 is 9.47 Å². The zero-order chi connectivity index (χ0) is 18.3. The Morgan fingerprint density at radius 1 is 1.08 bits per heavy atom. The van der Waals surface area contributed by atoms with Gasteiger partial charge in [0, 0.05) is 30.3 Å². The summed E-state index contributed by atoms with van der Waals surface area (Å²) in [4.78, 5) is 21.4. The zero-order valence-electron chi connectivity index (χ0n) is 14.1. The van der Waals surface area contributed by atoms with Crippen molar-refractivity contribution in [3.63, 3.8) is 0 Å². The molecule has 0 N–H and O–H groups in total. The van der Waals surface area contributed by atoms with E-state index in [0.29, 0.717) is 39.5 Å². The Labute approximate surface area is 153 Å². The topological polar surface area (TPSA) is 66.2 Å². The first-order chi connectivity index (χ1) is 11.9. The molecule has 3 aromatic rings. The Hall–Kier alpha value is -2.31. The average molecular weight is 380 g/mol. The zero-order valence-corrected chi connectivity index (χ0v) is 15.6. The van der Waals surface area contributed by atoms with E-state index < -0.39 is 0 Å². The molecule has 0 aliphatic rings. The van der Waals surface area contributed by atoms with Crippen LogP contribution in [0.1, 0.15) is 5.82 Å². The molecule has 6 nitrogen and oxygen atoms in total. The van der Waals surface area contributed by atoms with Gasteiger partial charge in [-0.1, -0.05) is 23.2 Å². The summed E-state index contributed by atoms with van der Waals surface area (Å²) in [5, 5.41) is 1.16. The summed E-state index contributed by atoms with van der Waals surface area (Å²) >= 11 is 12.9. The fraction of sp³-hybridized carbons (Fsp3) is 0.235. The monoisotopic (exact) mass is 379 g/mol. The van der Waals surface area contributed by atoms with Crippen LogP contribution in [0, 0.1) is 6.92 Å². The molecule has 0 saturated carbocycles. The van der Waals surface area contributed by atoms with Crippen molar-refractivity contribution in [2.24, 2.45) is 7.05 Å². The minimum absolute atomic E-state index is 0.234. The van der Waals surface area contributed by atoms with Crippen LogP contribution in [0.25, 0.3) is 22.2 Å². The fourth-order valence-corrected chi connectivity index (χ4v) is 3.34. The van der Waals surface area contributed by atoms with Gasteiger partial charge in [0.25, 0.3) is 5.56 Å². The van der Waals surface area contributed by atoms with E-state index in [0.717, 1.165) is 0 Å². The van der Waals surface area contributed by atoms with Gasteiger partial charge >= 0.3 is 0 Å². The summed E-state index contributed by atoms with van der Waals surface area (Å²) in [6, 6.07) is 3.25. The molecule has 0 radical (unpaired) electrons. The number of rotatable bonds is 3. The molecule has 0 aliphatic carbocycles. The highest BCUT2D eigenvalue weighted by Gasteiger charge is 2.22. The number of nitrogens with zero attached hydrogens (tertiary/aromatic N) is 3. The molecule has 25 heavy (non-hydrogen) atoms. The minimum atomic E-state index is -0.287. The molecule has 0 aliphatic heterocycles. The van der Waals surface area contributed by atoms with Crippen molar-refractivity contribution in [3.8, 4) is 22.6 Å². The molecule has 1 aromatic carbocycles. The van der Waals surface area contributed by atoms with Crippen LogP contribution in [-0.4, -0.2) is 28.8 Å². The van der Waals surface area contributed by atoms with Gasteiger partial charge in [-0.25, -0.2) is 9.97 Å². The van der Waals surface area contributed by atoms with Crippen LogP contribution in [0.4, 0.5) is 0 Å². The first-order valence-corrected chi connectivity index (χ1v) is 8.08. The third kappa shape index (κ3) is 2.81. The Bertz CT molecular complexity index is 1020. The second-order valence-electron chi connectivity index (χ2n) is 5.40. The lowest BCUT2D eigenvalue weighted by molar-refractivity contribution is 0.395. The Morgan fingerprint density at radius 2 is 1.68 bits per heavy atom. The van der Waals surface area contributed by atoms with Gasteiger partial charge in [-0.3, -0.25) is 9.36 Å². The Morgan fingerprint density at radius 3 is 2.24 bits per heavy atom. The highest BCUT2D eigenvalue weighted by molar-refractivity contribution is 6.41. The molecule has 0 spiro atoms. The molecule has 130 valence electrons. The van der Waals surface area contributed by atoms with E-state index in [4.69, 9.17) is 32.7 Å². The highest BCUT2D eigenvalue weighted by Crippen LogP contribution is 2.45. The third-order valence-corrected chi connectivity index (χ3v) is 4.66. The second kappa shape index (κ2) is 6.54. The van der Waals surface area contributed by atoms with Crippen LogP contribution >= 0.6 is 23.2 Å². The van der Waals surface area contributed by atoms with Crippen molar-refractivity contribution in [2.45, 2.75) is 6.92 Å². The summed E-state index contributed by atoms with van der Waals surface area (Å²) in [6.07, 6.45) is 1.65. The van der Waals surface area contributed by atoms with Crippen molar-refractivity contribution >= 4 is 34.2 Å². The molecule has 8 heteroatoms. The summed E-state index contributed by atoms with van der Waals surface area (Å²) < 4.78 is 12.0. The van der Waals surface area contributed by atoms with Crippen molar-refractivity contribution in [1.29, 1.82) is 0 Å². The molecule has 0 saturated heterocycles. The van der Waals surface area contributed by atoms with E-state index in [9.17, 15) is 4.79 Å². The first kappa shape index (κ1) is 17.5. The fourth-order valence-electron chi connectivity index (χ4n) is 2.63. The van der Waals surface area contributed by atoms with Crippen molar-refractivity contribution in [1.82, 2.24) is 14.5 Å². The van der Waals surface area contributed by atoms with E-state index in [1.807, 2.05) is 0 Å². The Balaban J connectivity index is 2.43. The SMILES string of the molecule is COc1cc(OC)c(Cl)c(-c2cc3cnc(C)nc3n(C)c2=O)c1Cl. The van der Waals surface area contributed by atoms with E-state index in [1.54, 1.807) is 32.3 Å². The predicted octanol–water partition coefficient (Wildman–Crippen LogP) is 3.63. The van der Waals surface area contributed by atoms with Crippen LogP contribution < -0.4 is 15.0 Å². The summed E-state index contributed by atoms with van der Waals surface area (Å²) in [7, 11) is 4.60. The molecule has 0 unspecified atom stereocenters. The van der Waals surface area contributed by atoms with Gasteiger partial charge in [-0.15, -0.1) is 0 Å². The second-order valence-corrected chi connectivity index (χ2v) is 6.16. The van der Waals surface area contributed by atoms with Gasteiger partial charge in [0.1, 0.15) is 23.0 Å². The molecular weight excluding hydrogens is 365 g/mol. The highest BCUT2D eigenvalue weighted by atomic mass is 35.5. The number of ether oxygens (including phenoxy) is 2. The number of benzene rings is 1. The maximum atomic E-state index is 12.9. The van der Waals surface area contributed by atoms with Gasteiger partial charge in [0.05, 0.1) is 29.8 Å². The number of aryl methyl sites for hydroxylation is 2. The molecule has 3 rings (SSSR count). The van der Waals surface area contributed by atoms with Gasteiger partial charge in [0.2, 0.25) is 0 Å². The third-order valence-electron chi connectivity index (χ3n) is 3.91. The van der Waals surface area contributed by atoms with Gasteiger partial charge in [-0.05, 0) is 13.0 Å². The summed E-state index contributed by atoms with van der Waals surface area (Å²) in [5.74, 6) is 1.30. The summed E-state index contributed by atoms with van der Waals surface area (Å²) in [6.45, 7) is 1.76. The number of halogens is 2. The molecular formula is C17H15Cl2N3O3. The van der Waals surface area contributed by atoms with Crippen LogP contribution in [-0.2, 0) is 7.05 Å². The number of hydrogen-bond donors (Lipinski definition) is 0. The van der Waals surface area contributed by atoms with Crippen LogP contribution in [0.2, 0.25) is 10.0 Å². The molecule has 0 atom stereocenters. The number of fused-ring (bicyclic) bond motifs is 1. The lowest BCUT2D eigenvalue weighted by Gasteiger charge is -2.15. The van der Waals surface area contributed by atoms with Crippen LogP contribution in [0.15, 0.2) is 23.1 Å². The van der Waals surface area contributed by atoms with Crippen molar-refractivity contribution in [2.75, 3.05) is 14.2 Å². The van der Waals surface area contributed by atoms with E-state index >= 15 is 0 Å². The van der Waals surface area contributed by atoms with Gasteiger partial charge in [0.15, 0.2) is 0 Å². The smallest absolute Gasteiger partial charge is 0.259 e. The predicted molar refractivity (Wildman–Crippen MR) is 98.1 cm³/mol. The van der Waals surface area contributed by atoms with Gasteiger partial charge in [-0.2, -0.15) is 0 Å². The van der Waals surface area contributed by atoms with E-state index in [2.05, 4.69) is 9.97 Å². The lowest BCUT2D eigenvalue weighted by Crippen LogP contribution is -2.20. The van der Waals surface area contributed by atoms with Gasteiger partial charge < -0.3 is 9.47 Å². The van der Waals surface area contributed by atoms with Crippen LogP contribution in [0.5, 0.6) is 11.5 Å². The molecule has 2 heterocycles. The molecule has 0 amide bonds. The molecule has 2 aromatic heterocycles. The average Bonchev–Trinajstić information content (AvgIpc) is 2.60. The number of aromatic nitrogens is 3. The van der Waals surface area contributed by atoms with E-state index in [-0.39, 0.29) is 15.6 Å². The molecule has 0 fully saturated rings.